The predicted molar refractivity (Wildman–Crippen MR) is 154 cm³/mol. The Morgan fingerprint density at radius 1 is 0.974 bits per heavy atom. The zero-order chi connectivity index (χ0) is 27.7. The third kappa shape index (κ3) is 5.89. The van der Waals surface area contributed by atoms with Gasteiger partial charge in [0, 0.05) is 66.8 Å². The van der Waals surface area contributed by atoms with Crippen LogP contribution in [0.1, 0.15) is 57.1 Å². The highest BCUT2D eigenvalue weighted by atomic mass is 35.5. The number of benzene rings is 2. The van der Waals surface area contributed by atoms with Crippen LogP contribution in [-0.2, 0) is 10.0 Å². The average Bonchev–Trinajstić information content (AvgIpc) is 3.45. The molecule has 2 fully saturated rings. The van der Waals surface area contributed by atoms with Gasteiger partial charge in [0.05, 0.1) is 9.90 Å². The minimum atomic E-state index is -3.61. The Balaban J connectivity index is 1.16. The van der Waals surface area contributed by atoms with Gasteiger partial charge in [0.15, 0.2) is 5.78 Å². The van der Waals surface area contributed by atoms with Crippen molar-refractivity contribution >= 4 is 50.3 Å². The number of rotatable bonds is 6. The number of carbonyl (C=O) groups excluding carboxylic acids is 2. The minimum Gasteiger partial charge on any atom is -0.368 e. The van der Waals surface area contributed by atoms with Gasteiger partial charge in [-0.3, -0.25) is 9.59 Å². The average molecular weight is 587 g/mol. The summed E-state index contributed by atoms with van der Waals surface area (Å²) in [6.07, 6.45) is 1.31. The van der Waals surface area contributed by atoms with Gasteiger partial charge in [-0.15, -0.1) is 11.3 Å². The van der Waals surface area contributed by atoms with Crippen molar-refractivity contribution in [2.45, 2.75) is 37.5 Å². The third-order valence-corrected chi connectivity index (χ3v) is 10.8. The summed E-state index contributed by atoms with van der Waals surface area (Å²) in [6, 6.07) is 12.4. The fourth-order valence-corrected chi connectivity index (χ4v) is 7.74. The maximum absolute atomic E-state index is 13.2. The molecule has 0 radical (unpaired) electrons. The van der Waals surface area contributed by atoms with E-state index in [0.29, 0.717) is 68.4 Å². The number of sulfonamides is 1. The molecule has 5 rings (SSSR count). The van der Waals surface area contributed by atoms with Crippen molar-refractivity contribution < 1.29 is 18.0 Å². The number of aryl methyl sites for hydroxylation is 1. The molecule has 11 heteroatoms. The highest BCUT2D eigenvalue weighted by Crippen LogP contribution is 2.33. The van der Waals surface area contributed by atoms with Crippen LogP contribution in [0.4, 0.5) is 5.69 Å². The van der Waals surface area contributed by atoms with E-state index in [1.54, 1.807) is 19.1 Å². The van der Waals surface area contributed by atoms with Gasteiger partial charge in [0.2, 0.25) is 10.0 Å². The maximum atomic E-state index is 13.2. The minimum absolute atomic E-state index is 0.0443. The topological polar surface area (TPSA) is 90.9 Å². The first kappa shape index (κ1) is 27.8. The standard InChI is InChI=1S/C28H31ClN4O4S2/c1-19-3-8-24(17-25(19)29)39(36,37)33-11-9-22(10-12-33)27-30-26(18-38-27)28(35)32-15-13-31(14-16-32)23-6-4-21(5-7-23)20(2)34/h3-8,17-18,22H,9-16H2,1-2H3. The second-order valence-corrected chi connectivity index (χ2v) is 13.3. The molecule has 0 aliphatic carbocycles. The lowest BCUT2D eigenvalue weighted by molar-refractivity contribution is 0.0741. The molecule has 206 valence electrons. The Kier molecular flexibility index (Phi) is 8.09. The predicted octanol–water partition coefficient (Wildman–Crippen LogP) is 4.84. The lowest BCUT2D eigenvalue weighted by Crippen LogP contribution is -2.48. The first-order valence-electron chi connectivity index (χ1n) is 13.0. The van der Waals surface area contributed by atoms with Crippen LogP contribution in [0.25, 0.3) is 0 Å². The Bertz CT molecular complexity index is 1470. The zero-order valence-electron chi connectivity index (χ0n) is 22.0. The number of piperazine rings is 1. The quantitative estimate of drug-likeness (QED) is 0.384. The van der Waals surface area contributed by atoms with Crippen LogP contribution in [0, 0.1) is 6.92 Å². The van der Waals surface area contributed by atoms with E-state index in [9.17, 15) is 18.0 Å². The summed E-state index contributed by atoms with van der Waals surface area (Å²) in [7, 11) is -3.61. The lowest BCUT2D eigenvalue weighted by atomic mass is 9.99. The van der Waals surface area contributed by atoms with Gasteiger partial charge in [-0.1, -0.05) is 17.7 Å². The van der Waals surface area contributed by atoms with Gasteiger partial charge < -0.3 is 9.80 Å². The van der Waals surface area contributed by atoms with E-state index in [2.05, 4.69) is 9.88 Å². The molecular formula is C28H31ClN4O4S2. The molecule has 0 atom stereocenters. The van der Waals surface area contributed by atoms with Crippen molar-refractivity contribution in [1.29, 1.82) is 0 Å². The smallest absolute Gasteiger partial charge is 0.273 e. The number of anilines is 1. The summed E-state index contributed by atoms with van der Waals surface area (Å²) in [5.74, 6) is 0.0996. The molecule has 2 aromatic carbocycles. The summed E-state index contributed by atoms with van der Waals surface area (Å²) >= 11 is 7.64. The molecule has 1 aromatic heterocycles. The van der Waals surface area contributed by atoms with Gasteiger partial charge in [0.25, 0.3) is 5.91 Å². The Labute approximate surface area is 238 Å². The number of Topliss-reactive ketones (excluding diaryl/α,β-unsaturated/α-hetero) is 1. The van der Waals surface area contributed by atoms with Gasteiger partial charge in [-0.25, -0.2) is 13.4 Å². The number of carbonyl (C=O) groups is 2. The monoisotopic (exact) mass is 586 g/mol. The molecule has 2 aliphatic heterocycles. The van der Waals surface area contributed by atoms with E-state index in [-0.39, 0.29) is 22.5 Å². The number of nitrogens with zero attached hydrogens (tertiary/aromatic N) is 4. The number of aromatic nitrogens is 1. The highest BCUT2D eigenvalue weighted by molar-refractivity contribution is 7.89. The molecule has 3 aromatic rings. The fraction of sp³-hybridized carbons (Fsp3) is 0.393. The van der Waals surface area contributed by atoms with Crippen molar-refractivity contribution in [2.75, 3.05) is 44.2 Å². The van der Waals surface area contributed by atoms with Gasteiger partial charge in [-0.2, -0.15) is 4.31 Å². The largest absolute Gasteiger partial charge is 0.368 e. The molecule has 8 nitrogen and oxygen atoms in total. The molecule has 0 saturated carbocycles. The molecule has 0 N–H and O–H groups in total. The van der Waals surface area contributed by atoms with Crippen molar-refractivity contribution in [3.8, 4) is 0 Å². The normalized spacial score (nSPS) is 17.4. The summed E-state index contributed by atoms with van der Waals surface area (Å²) < 4.78 is 27.7. The van der Waals surface area contributed by atoms with Crippen LogP contribution in [-0.4, -0.2) is 73.6 Å². The Morgan fingerprint density at radius 2 is 1.64 bits per heavy atom. The summed E-state index contributed by atoms with van der Waals surface area (Å²) in [5.41, 5.74) is 3.03. The molecule has 39 heavy (non-hydrogen) atoms. The van der Waals surface area contributed by atoms with Gasteiger partial charge in [0.1, 0.15) is 5.69 Å². The van der Waals surface area contributed by atoms with Crippen molar-refractivity contribution in [3.05, 3.63) is 74.7 Å². The first-order chi connectivity index (χ1) is 18.6. The van der Waals surface area contributed by atoms with Crippen LogP contribution in [0.3, 0.4) is 0 Å². The van der Waals surface area contributed by atoms with E-state index in [1.807, 2.05) is 41.5 Å². The molecule has 0 unspecified atom stereocenters. The summed E-state index contributed by atoms with van der Waals surface area (Å²) in [6.45, 7) is 6.81. The molecule has 0 bridgehead atoms. The van der Waals surface area contributed by atoms with E-state index in [1.165, 1.54) is 21.7 Å². The van der Waals surface area contributed by atoms with E-state index in [4.69, 9.17) is 11.6 Å². The number of piperidine rings is 1. The number of ketones is 1. The molecule has 2 saturated heterocycles. The van der Waals surface area contributed by atoms with Crippen LogP contribution in [0.2, 0.25) is 5.02 Å². The molecular weight excluding hydrogens is 556 g/mol. The summed E-state index contributed by atoms with van der Waals surface area (Å²) in [4.78, 5) is 33.6. The van der Waals surface area contributed by atoms with Gasteiger partial charge in [-0.05, 0) is 68.7 Å². The second kappa shape index (κ2) is 11.4. The van der Waals surface area contributed by atoms with Gasteiger partial charge >= 0.3 is 0 Å². The second-order valence-electron chi connectivity index (χ2n) is 10.0. The van der Waals surface area contributed by atoms with E-state index < -0.39 is 10.0 Å². The third-order valence-electron chi connectivity index (χ3n) is 7.53. The van der Waals surface area contributed by atoms with Crippen LogP contribution in [0.5, 0.6) is 0 Å². The van der Waals surface area contributed by atoms with E-state index in [0.717, 1.165) is 16.3 Å². The lowest BCUT2D eigenvalue weighted by Gasteiger charge is -2.36. The molecule has 2 aliphatic rings. The first-order valence-corrected chi connectivity index (χ1v) is 15.7. The maximum Gasteiger partial charge on any atom is 0.273 e. The van der Waals surface area contributed by atoms with Crippen LogP contribution < -0.4 is 4.90 Å². The Hall–Kier alpha value is -2.79. The van der Waals surface area contributed by atoms with Crippen molar-refractivity contribution in [3.63, 3.8) is 0 Å². The highest BCUT2D eigenvalue weighted by Gasteiger charge is 2.32. The number of halogens is 1. The molecule has 1 amide bonds. The zero-order valence-corrected chi connectivity index (χ0v) is 24.4. The summed E-state index contributed by atoms with van der Waals surface area (Å²) in [5, 5.41) is 3.15. The number of hydrogen-bond donors (Lipinski definition) is 0. The van der Waals surface area contributed by atoms with Crippen molar-refractivity contribution in [1.82, 2.24) is 14.2 Å². The van der Waals surface area contributed by atoms with Crippen LogP contribution in [0.15, 0.2) is 52.7 Å². The number of amides is 1. The molecule has 0 spiro atoms. The fourth-order valence-electron chi connectivity index (χ4n) is 5.04. The Morgan fingerprint density at radius 3 is 2.26 bits per heavy atom. The SMILES string of the molecule is CC(=O)c1ccc(N2CCN(C(=O)c3csc(C4CCN(S(=O)(=O)c5ccc(C)c(Cl)c5)CC4)n3)CC2)cc1. The van der Waals surface area contributed by atoms with Crippen molar-refractivity contribution in [2.24, 2.45) is 0 Å². The van der Waals surface area contributed by atoms with E-state index >= 15 is 0 Å². The number of thiazole rings is 1. The molecule has 3 heterocycles. The van der Waals surface area contributed by atoms with Crippen LogP contribution >= 0.6 is 22.9 Å². The number of hydrogen-bond acceptors (Lipinski definition) is 7.